The maximum absolute atomic E-state index is 13.1. The number of nitrogens with one attached hydrogen (secondary N) is 1. The number of esters is 1. The average molecular weight is 446 g/mol. The van der Waals surface area contributed by atoms with E-state index in [0.717, 1.165) is 12.8 Å². The number of aromatic nitrogens is 4. The molecule has 0 unspecified atom stereocenters. The van der Waals surface area contributed by atoms with Crippen LogP contribution in [0.3, 0.4) is 0 Å². The lowest BCUT2D eigenvalue weighted by molar-refractivity contribution is -0.117. The molecule has 8 nitrogen and oxygen atoms in total. The maximum Gasteiger partial charge on any atom is 0.343 e. The van der Waals surface area contributed by atoms with E-state index in [9.17, 15) is 18.4 Å². The van der Waals surface area contributed by atoms with Gasteiger partial charge in [0.05, 0.1) is 23.0 Å². The quantitative estimate of drug-likeness (QED) is 0.661. The van der Waals surface area contributed by atoms with E-state index in [4.69, 9.17) is 4.74 Å². The Morgan fingerprint density at radius 3 is 2.74 bits per heavy atom. The molecule has 146 valence electrons. The molecule has 0 atom stereocenters. The Morgan fingerprint density at radius 1 is 1.44 bits per heavy atom. The van der Waals surface area contributed by atoms with Crippen LogP contribution in [0.15, 0.2) is 10.7 Å². The monoisotopic (exact) mass is 445 g/mol. The highest BCUT2D eigenvalue weighted by molar-refractivity contribution is 9.10. The largest absolute Gasteiger partial charge is 0.462 e. The first-order valence-electron chi connectivity index (χ1n) is 8.36. The molecule has 2 aromatic heterocycles. The lowest BCUT2D eigenvalue weighted by Gasteiger charge is -2.10. The molecule has 11 heteroatoms. The van der Waals surface area contributed by atoms with Gasteiger partial charge in [0.2, 0.25) is 5.91 Å². The van der Waals surface area contributed by atoms with E-state index >= 15 is 0 Å². The van der Waals surface area contributed by atoms with Crippen molar-refractivity contribution in [2.45, 2.75) is 38.7 Å². The second-order valence-electron chi connectivity index (χ2n) is 6.12. The number of anilines is 1. The first-order chi connectivity index (χ1) is 12.8. The molecule has 0 aliphatic heterocycles. The van der Waals surface area contributed by atoms with Crippen LogP contribution in [-0.2, 0) is 23.1 Å². The molecule has 1 aliphatic rings. The third-order valence-electron chi connectivity index (χ3n) is 4.11. The molecule has 1 aliphatic carbocycles. The number of ether oxygens (including phenoxy) is 1. The van der Waals surface area contributed by atoms with Gasteiger partial charge in [-0.05, 0) is 35.7 Å². The predicted molar refractivity (Wildman–Crippen MR) is 94.7 cm³/mol. The topological polar surface area (TPSA) is 91.0 Å². The number of carbonyl (C=O) groups is 2. The van der Waals surface area contributed by atoms with E-state index in [1.165, 1.54) is 15.6 Å². The zero-order valence-electron chi connectivity index (χ0n) is 14.7. The normalized spacial score (nSPS) is 13.9. The highest BCUT2D eigenvalue weighted by Gasteiger charge is 2.34. The molecular weight excluding hydrogens is 428 g/mol. The highest BCUT2D eigenvalue weighted by Crippen LogP contribution is 2.45. The molecule has 27 heavy (non-hydrogen) atoms. The number of aryl methyl sites for hydroxylation is 1. The van der Waals surface area contributed by atoms with Crippen LogP contribution in [0, 0.1) is 0 Å². The number of halogens is 3. The lowest BCUT2D eigenvalue weighted by Crippen LogP contribution is -2.23. The van der Waals surface area contributed by atoms with Gasteiger partial charge in [0.1, 0.15) is 23.6 Å². The Kier molecular flexibility index (Phi) is 5.59. The van der Waals surface area contributed by atoms with Crippen LogP contribution in [0.1, 0.15) is 53.9 Å². The second-order valence-corrected chi connectivity index (χ2v) is 6.91. The molecule has 0 spiro atoms. The number of nitrogens with zero attached hydrogens (tertiary/aromatic N) is 4. The summed E-state index contributed by atoms with van der Waals surface area (Å²) in [6.45, 7) is 1.59. The Balaban J connectivity index is 1.81. The zero-order valence-corrected chi connectivity index (χ0v) is 16.3. The smallest absolute Gasteiger partial charge is 0.343 e. The minimum Gasteiger partial charge on any atom is -0.462 e. The van der Waals surface area contributed by atoms with Crippen LogP contribution < -0.4 is 5.32 Å². The van der Waals surface area contributed by atoms with Gasteiger partial charge in [0, 0.05) is 13.0 Å². The van der Waals surface area contributed by atoms with Crippen LogP contribution in [-0.4, -0.2) is 38.0 Å². The Labute approximate surface area is 162 Å². The lowest BCUT2D eigenvalue weighted by atomic mass is 10.2. The van der Waals surface area contributed by atoms with Crippen molar-refractivity contribution in [1.29, 1.82) is 0 Å². The highest BCUT2D eigenvalue weighted by atomic mass is 79.9. The van der Waals surface area contributed by atoms with Gasteiger partial charge in [-0.1, -0.05) is 0 Å². The van der Waals surface area contributed by atoms with E-state index in [0.29, 0.717) is 5.69 Å². The first-order valence-corrected chi connectivity index (χ1v) is 9.16. The molecule has 1 amide bonds. The van der Waals surface area contributed by atoms with Gasteiger partial charge in [0.15, 0.2) is 0 Å². The molecule has 0 saturated heterocycles. The molecule has 0 aromatic carbocycles. The van der Waals surface area contributed by atoms with E-state index in [-0.39, 0.29) is 40.6 Å². The van der Waals surface area contributed by atoms with Crippen molar-refractivity contribution in [2.24, 2.45) is 7.05 Å². The van der Waals surface area contributed by atoms with Crippen LogP contribution in [0.25, 0.3) is 0 Å². The SMILES string of the molecule is CCOC(=O)c1cnn(C)c1NC(=O)Cn1nc(C(F)F)c(Br)c1C1CC1. The Hall–Kier alpha value is -2.30. The number of hydrogen-bond donors (Lipinski definition) is 1. The first kappa shape index (κ1) is 19.5. The summed E-state index contributed by atoms with van der Waals surface area (Å²) in [5, 5.41) is 10.4. The Bertz CT molecular complexity index is 876. The molecule has 1 fully saturated rings. The fourth-order valence-corrected chi connectivity index (χ4v) is 3.51. The average Bonchev–Trinajstić information content (AvgIpc) is 3.29. The van der Waals surface area contributed by atoms with Crippen LogP contribution in [0.4, 0.5) is 14.6 Å². The number of carbonyl (C=O) groups excluding carboxylic acids is 2. The van der Waals surface area contributed by atoms with Crippen molar-refractivity contribution in [2.75, 3.05) is 11.9 Å². The number of rotatable bonds is 7. The molecular formula is C16H18BrF2N5O3. The minimum absolute atomic E-state index is 0.110. The van der Waals surface area contributed by atoms with Gasteiger partial charge in [-0.2, -0.15) is 10.2 Å². The molecule has 0 bridgehead atoms. The predicted octanol–water partition coefficient (Wildman–Crippen LogP) is 3.01. The van der Waals surface area contributed by atoms with E-state index in [1.807, 2.05) is 0 Å². The number of amides is 1. The van der Waals surface area contributed by atoms with Crippen molar-refractivity contribution in [3.8, 4) is 0 Å². The van der Waals surface area contributed by atoms with E-state index < -0.39 is 18.3 Å². The molecule has 0 radical (unpaired) electrons. The second kappa shape index (κ2) is 7.75. The fraction of sp³-hybridized carbons (Fsp3) is 0.500. The van der Waals surface area contributed by atoms with Crippen LogP contribution in [0.2, 0.25) is 0 Å². The zero-order chi connectivity index (χ0) is 19.7. The van der Waals surface area contributed by atoms with Gasteiger partial charge in [-0.3, -0.25) is 14.2 Å². The van der Waals surface area contributed by atoms with E-state index in [1.54, 1.807) is 14.0 Å². The summed E-state index contributed by atoms with van der Waals surface area (Å²) in [7, 11) is 1.56. The van der Waals surface area contributed by atoms with Crippen molar-refractivity contribution < 1.29 is 23.1 Å². The summed E-state index contributed by atoms with van der Waals surface area (Å²) in [4.78, 5) is 24.4. The molecule has 1 N–H and O–H groups in total. The number of alkyl halides is 2. The van der Waals surface area contributed by atoms with Crippen molar-refractivity contribution in [3.63, 3.8) is 0 Å². The molecule has 3 rings (SSSR count). The van der Waals surface area contributed by atoms with Gasteiger partial charge in [0.25, 0.3) is 6.43 Å². The standard InChI is InChI=1S/C16H18BrF2N5O3/c1-3-27-16(26)9-6-20-23(2)15(9)21-10(25)7-24-13(8-4-5-8)11(17)12(22-24)14(18)19/h6,8,14H,3-5,7H2,1-2H3,(H,21,25). The Morgan fingerprint density at radius 2 is 2.15 bits per heavy atom. The van der Waals surface area contributed by atoms with Crippen molar-refractivity contribution in [1.82, 2.24) is 19.6 Å². The summed E-state index contributed by atoms with van der Waals surface area (Å²) in [5.41, 5.74) is 0.332. The fourth-order valence-electron chi connectivity index (χ4n) is 2.73. The van der Waals surface area contributed by atoms with Gasteiger partial charge < -0.3 is 10.1 Å². The summed E-state index contributed by atoms with van der Waals surface area (Å²) in [5.74, 6) is -0.839. The third kappa shape index (κ3) is 4.02. The summed E-state index contributed by atoms with van der Waals surface area (Å²) in [6.07, 6.45) is 0.281. The number of hydrogen-bond acceptors (Lipinski definition) is 5. The third-order valence-corrected chi connectivity index (χ3v) is 4.92. The molecule has 2 aromatic rings. The maximum atomic E-state index is 13.1. The summed E-state index contributed by atoms with van der Waals surface area (Å²) < 4.78 is 34.1. The van der Waals surface area contributed by atoms with E-state index in [2.05, 4.69) is 31.4 Å². The summed E-state index contributed by atoms with van der Waals surface area (Å²) in [6, 6.07) is 0. The molecule has 2 heterocycles. The van der Waals surface area contributed by atoms with Gasteiger partial charge in [-0.15, -0.1) is 0 Å². The van der Waals surface area contributed by atoms with Crippen molar-refractivity contribution in [3.05, 3.63) is 27.6 Å². The van der Waals surface area contributed by atoms with Gasteiger partial charge >= 0.3 is 5.97 Å². The summed E-state index contributed by atoms with van der Waals surface area (Å²) >= 11 is 3.18. The minimum atomic E-state index is -2.74. The molecule has 1 saturated carbocycles. The van der Waals surface area contributed by atoms with Gasteiger partial charge in [-0.25, -0.2) is 13.6 Å². The van der Waals surface area contributed by atoms with Crippen molar-refractivity contribution >= 4 is 33.6 Å². The van der Waals surface area contributed by atoms with Crippen LogP contribution >= 0.6 is 15.9 Å². The van der Waals surface area contributed by atoms with Crippen LogP contribution in [0.5, 0.6) is 0 Å².